The maximum absolute atomic E-state index is 5.59. The van der Waals surface area contributed by atoms with Gasteiger partial charge in [0.05, 0.1) is 12.3 Å². The summed E-state index contributed by atoms with van der Waals surface area (Å²) in [5, 5.41) is 3.29. The van der Waals surface area contributed by atoms with Gasteiger partial charge in [-0.2, -0.15) is 0 Å². The molecule has 1 aromatic heterocycles. The van der Waals surface area contributed by atoms with Gasteiger partial charge in [0.25, 0.3) is 0 Å². The highest BCUT2D eigenvalue weighted by atomic mass is 16.5. The maximum Gasteiger partial charge on any atom is 0.221 e. The van der Waals surface area contributed by atoms with Gasteiger partial charge in [0.15, 0.2) is 0 Å². The molecule has 1 aromatic rings. The second kappa shape index (κ2) is 5.77. The van der Waals surface area contributed by atoms with E-state index in [-0.39, 0.29) is 0 Å². The Kier molecular flexibility index (Phi) is 4.07. The molecular formula is C11H17N3O2. The van der Waals surface area contributed by atoms with Gasteiger partial charge in [-0.15, -0.1) is 0 Å². The van der Waals surface area contributed by atoms with Crippen molar-refractivity contribution in [1.29, 1.82) is 0 Å². The summed E-state index contributed by atoms with van der Waals surface area (Å²) in [5.41, 5.74) is 2.19. The number of hydrogen-bond donors (Lipinski definition) is 1. The summed E-state index contributed by atoms with van der Waals surface area (Å²) in [6.07, 6.45) is 2.51. The molecule has 2 heterocycles. The summed E-state index contributed by atoms with van der Waals surface area (Å²) < 4.78 is 10.8. The van der Waals surface area contributed by atoms with Crippen LogP contribution in [0.2, 0.25) is 0 Å². The molecule has 1 aliphatic rings. The first-order chi connectivity index (χ1) is 7.92. The number of aromatic nitrogens is 2. The molecule has 0 saturated heterocycles. The average molecular weight is 223 g/mol. The van der Waals surface area contributed by atoms with E-state index in [2.05, 4.69) is 15.3 Å². The van der Waals surface area contributed by atoms with Crippen molar-refractivity contribution >= 4 is 0 Å². The van der Waals surface area contributed by atoms with Crippen molar-refractivity contribution < 1.29 is 9.47 Å². The normalized spacial score (nSPS) is 14.6. The van der Waals surface area contributed by atoms with Crippen LogP contribution >= 0.6 is 0 Å². The quantitative estimate of drug-likeness (QED) is 0.738. The molecule has 5 heteroatoms. The number of nitrogens with zero attached hydrogens (tertiary/aromatic N) is 2. The van der Waals surface area contributed by atoms with Crippen molar-refractivity contribution in [2.24, 2.45) is 0 Å². The van der Waals surface area contributed by atoms with Crippen molar-refractivity contribution in [3.05, 3.63) is 17.6 Å². The lowest BCUT2D eigenvalue weighted by Gasteiger charge is -2.18. The van der Waals surface area contributed by atoms with Crippen LogP contribution in [-0.4, -0.2) is 36.3 Å². The summed E-state index contributed by atoms with van der Waals surface area (Å²) in [5.74, 6) is 0.692. The molecular weight excluding hydrogens is 206 g/mol. The molecule has 2 rings (SSSR count). The molecule has 0 atom stereocenters. The van der Waals surface area contributed by atoms with Gasteiger partial charge in [-0.1, -0.05) is 0 Å². The molecule has 5 nitrogen and oxygen atoms in total. The Labute approximate surface area is 95.2 Å². The number of nitrogens with one attached hydrogen (secondary N) is 1. The molecule has 0 radical (unpaired) electrons. The van der Waals surface area contributed by atoms with Crippen LogP contribution in [-0.2, 0) is 17.7 Å². The number of rotatable bonds is 5. The fourth-order valence-electron chi connectivity index (χ4n) is 1.71. The van der Waals surface area contributed by atoms with E-state index in [1.807, 2.05) is 6.92 Å². The van der Waals surface area contributed by atoms with E-state index in [4.69, 9.17) is 9.47 Å². The Balaban J connectivity index is 1.97. The lowest BCUT2D eigenvalue weighted by atomic mass is 10.1. The highest BCUT2D eigenvalue weighted by molar-refractivity contribution is 5.31. The predicted molar refractivity (Wildman–Crippen MR) is 59.4 cm³/mol. The molecule has 0 aliphatic carbocycles. The number of hydrogen-bond acceptors (Lipinski definition) is 5. The average Bonchev–Trinajstić information content (AvgIpc) is 2.35. The second-order valence-electron chi connectivity index (χ2n) is 3.58. The summed E-state index contributed by atoms with van der Waals surface area (Å²) >= 11 is 0. The minimum absolute atomic E-state index is 0.539. The van der Waals surface area contributed by atoms with Gasteiger partial charge < -0.3 is 14.8 Å². The Morgan fingerprint density at radius 3 is 3.19 bits per heavy atom. The molecule has 0 aromatic carbocycles. The molecule has 0 fully saturated rings. The lowest BCUT2D eigenvalue weighted by molar-refractivity contribution is 0.107. The zero-order chi connectivity index (χ0) is 11.2. The third-order valence-electron chi connectivity index (χ3n) is 2.51. The van der Waals surface area contributed by atoms with Crippen molar-refractivity contribution in [3.63, 3.8) is 0 Å². The van der Waals surface area contributed by atoms with Crippen LogP contribution in [0.3, 0.4) is 0 Å². The van der Waals surface area contributed by atoms with Crippen LogP contribution < -0.4 is 10.1 Å². The highest BCUT2D eigenvalue weighted by Gasteiger charge is 2.15. The van der Waals surface area contributed by atoms with Crippen molar-refractivity contribution in [2.45, 2.75) is 19.9 Å². The smallest absolute Gasteiger partial charge is 0.221 e. The molecule has 0 bridgehead atoms. The predicted octanol–water partition coefficient (Wildman–Crippen LogP) is 0.538. The van der Waals surface area contributed by atoms with Gasteiger partial charge in [-0.05, 0) is 6.92 Å². The largest absolute Gasteiger partial charge is 0.475 e. The highest BCUT2D eigenvalue weighted by Crippen LogP contribution is 2.20. The van der Waals surface area contributed by atoms with E-state index >= 15 is 0 Å². The Hall–Kier alpha value is -1.20. The van der Waals surface area contributed by atoms with Crippen molar-refractivity contribution in [1.82, 2.24) is 15.3 Å². The molecule has 16 heavy (non-hydrogen) atoms. The summed E-state index contributed by atoms with van der Waals surface area (Å²) in [6.45, 7) is 5.59. The zero-order valence-corrected chi connectivity index (χ0v) is 9.53. The van der Waals surface area contributed by atoms with E-state index in [0.29, 0.717) is 25.7 Å². The third kappa shape index (κ3) is 2.68. The van der Waals surface area contributed by atoms with Gasteiger partial charge in [0.2, 0.25) is 5.88 Å². The monoisotopic (exact) mass is 223 g/mol. The molecule has 1 aliphatic heterocycles. The van der Waals surface area contributed by atoms with E-state index in [9.17, 15) is 0 Å². The Bertz CT molecular complexity index is 344. The van der Waals surface area contributed by atoms with E-state index in [1.165, 1.54) is 0 Å². The van der Waals surface area contributed by atoms with Gasteiger partial charge in [0.1, 0.15) is 12.9 Å². The van der Waals surface area contributed by atoms with Gasteiger partial charge >= 0.3 is 0 Å². The van der Waals surface area contributed by atoms with Crippen LogP contribution in [0, 0.1) is 0 Å². The fourth-order valence-corrected chi connectivity index (χ4v) is 1.71. The number of fused-ring (bicyclic) bond motifs is 1. The van der Waals surface area contributed by atoms with Crippen molar-refractivity contribution in [3.8, 4) is 5.88 Å². The van der Waals surface area contributed by atoms with Gasteiger partial charge in [0, 0.05) is 31.7 Å². The molecule has 0 spiro atoms. The van der Waals surface area contributed by atoms with Crippen LogP contribution in [0.5, 0.6) is 5.88 Å². The fraction of sp³-hybridized carbons (Fsp3) is 0.636. The van der Waals surface area contributed by atoms with Crippen molar-refractivity contribution in [2.75, 3.05) is 26.4 Å². The zero-order valence-electron chi connectivity index (χ0n) is 9.53. The molecule has 0 saturated carbocycles. The lowest BCUT2D eigenvalue weighted by Crippen LogP contribution is -2.26. The van der Waals surface area contributed by atoms with Crippen LogP contribution in [0.25, 0.3) is 0 Å². The summed E-state index contributed by atoms with van der Waals surface area (Å²) in [4.78, 5) is 8.42. The van der Waals surface area contributed by atoms with E-state index in [1.54, 1.807) is 6.33 Å². The van der Waals surface area contributed by atoms with Gasteiger partial charge in [-0.25, -0.2) is 9.97 Å². The van der Waals surface area contributed by atoms with E-state index < -0.39 is 0 Å². The molecule has 1 N–H and O–H groups in total. The van der Waals surface area contributed by atoms with Gasteiger partial charge in [-0.3, -0.25) is 0 Å². The standard InChI is InChI=1S/C11H17N3O2/c1-2-15-5-6-16-11-9-7-12-4-3-10(9)13-8-14-11/h8,12H,2-7H2,1H3. The number of ether oxygens (including phenoxy) is 2. The topological polar surface area (TPSA) is 56.3 Å². The first-order valence-corrected chi connectivity index (χ1v) is 5.66. The summed E-state index contributed by atoms with van der Waals surface area (Å²) in [6, 6.07) is 0. The van der Waals surface area contributed by atoms with Crippen LogP contribution in [0.4, 0.5) is 0 Å². The third-order valence-corrected chi connectivity index (χ3v) is 2.51. The molecule has 88 valence electrons. The summed E-state index contributed by atoms with van der Waals surface area (Å²) in [7, 11) is 0. The van der Waals surface area contributed by atoms with E-state index in [0.717, 1.165) is 30.8 Å². The first kappa shape index (κ1) is 11.3. The maximum atomic E-state index is 5.59. The molecule has 0 amide bonds. The van der Waals surface area contributed by atoms with Crippen LogP contribution in [0.1, 0.15) is 18.2 Å². The Morgan fingerprint density at radius 2 is 2.31 bits per heavy atom. The Morgan fingerprint density at radius 1 is 1.38 bits per heavy atom. The SMILES string of the molecule is CCOCCOc1ncnc2c1CNCC2. The first-order valence-electron chi connectivity index (χ1n) is 5.66. The molecule has 0 unspecified atom stereocenters. The minimum atomic E-state index is 0.539. The second-order valence-corrected chi connectivity index (χ2v) is 3.58. The minimum Gasteiger partial charge on any atom is -0.475 e. The van der Waals surface area contributed by atoms with Crippen LogP contribution in [0.15, 0.2) is 6.33 Å².